The Kier molecular flexibility index (Phi) is 5.86. The maximum absolute atomic E-state index is 12.6. The largest absolute Gasteiger partial charge is 0.497 e. The summed E-state index contributed by atoms with van der Waals surface area (Å²) in [6, 6.07) is 22.6. The van der Waals surface area contributed by atoms with E-state index < -0.39 is 0 Å². The smallest absolute Gasteiger partial charge is 0.262 e. The van der Waals surface area contributed by atoms with E-state index >= 15 is 0 Å². The number of hydrogen-bond donors (Lipinski definition) is 2. The van der Waals surface area contributed by atoms with Crippen molar-refractivity contribution in [2.75, 3.05) is 12.4 Å². The van der Waals surface area contributed by atoms with Gasteiger partial charge in [0.2, 0.25) is 0 Å². The molecule has 1 aliphatic rings. The van der Waals surface area contributed by atoms with Crippen LogP contribution in [0.4, 0.5) is 5.69 Å². The first kappa shape index (κ1) is 19.8. The Morgan fingerprint density at radius 3 is 2.57 bits per heavy atom. The third-order valence-corrected chi connectivity index (χ3v) is 5.74. The Labute approximate surface area is 179 Å². The van der Waals surface area contributed by atoms with E-state index in [4.69, 9.17) is 4.74 Å². The number of fused-ring (bicyclic) bond motifs is 1. The molecule has 4 rings (SSSR count). The van der Waals surface area contributed by atoms with Gasteiger partial charge in [-0.25, -0.2) is 0 Å². The monoisotopic (exact) mass is 416 g/mol. The summed E-state index contributed by atoms with van der Waals surface area (Å²) in [4.78, 5) is 26.5. The van der Waals surface area contributed by atoms with Gasteiger partial charge in [0, 0.05) is 17.0 Å². The minimum atomic E-state index is -0.190. The zero-order valence-electron chi connectivity index (χ0n) is 16.3. The number of hydrogen-bond acceptors (Lipinski definition) is 4. The van der Waals surface area contributed by atoms with Crippen molar-refractivity contribution in [1.29, 1.82) is 0 Å². The van der Waals surface area contributed by atoms with Crippen molar-refractivity contribution in [2.45, 2.75) is 11.4 Å². The van der Waals surface area contributed by atoms with Crippen molar-refractivity contribution in [1.82, 2.24) is 5.32 Å². The van der Waals surface area contributed by atoms with Crippen LogP contribution < -0.4 is 15.4 Å². The van der Waals surface area contributed by atoms with Crippen LogP contribution in [0.1, 0.15) is 21.5 Å². The molecule has 30 heavy (non-hydrogen) atoms. The summed E-state index contributed by atoms with van der Waals surface area (Å²) in [6.07, 6.45) is 1.84. The van der Waals surface area contributed by atoms with Crippen molar-refractivity contribution in [3.05, 3.63) is 94.4 Å². The number of rotatable bonds is 5. The van der Waals surface area contributed by atoms with E-state index in [1.807, 2.05) is 66.7 Å². The van der Waals surface area contributed by atoms with E-state index in [2.05, 4.69) is 10.6 Å². The molecule has 2 N–H and O–H groups in total. The molecule has 6 heteroatoms. The predicted molar refractivity (Wildman–Crippen MR) is 120 cm³/mol. The number of thioether (sulfide) groups is 1. The molecule has 0 fully saturated rings. The van der Waals surface area contributed by atoms with Crippen LogP contribution in [0.15, 0.2) is 82.6 Å². The first-order valence-electron chi connectivity index (χ1n) is 9.43. The molecule has 2 amide bonds. The van der Waals surface area contributed by atoms with Crippen LogP contribution >= 0.6 is 11.8 Å². The van der Waals surface area contributed by atoms with Crippen molar-refractivity contribution < 1.29 is 14.3 Å². The van der Waals surface area contributed by atoms with Crippen molar-refractivity contribution in [3.8, 4) is 5.75 Å². The average Bonchev–Trinajstić information content (AvgIpc) is 2.79. The van der Waals surface area contributed by atoms with Gasteiger partial charge in [0.25, 0.3) is 11.8 Å². The molecule has 0 atom stereocenters. The minimum Gasteiger partial charge on any atom is -0.497 e. The van der Waals surface area contributed by atoms with Gasteiger partial charge in [0.1, 0.15) is 5.75 Å². The van der Waals surface area contributed by atoms with E-state index in [1.165, 1.54) is 11.8 Å². The van der Waals surface area contributed by atoms with Gasteiger partial charge in [0.15, 0.2) is 0 Å². The molecule has 150 valence electrons. The molecule has 0 aliphatic carbocycles. The van der Waals surface area contributed by atoms with Crippen molar-refractivity contribution in [3.63, 3.8) is 0 Å². The van der Waals surface area contributed by atoms with Crippen LogP contribution in [-0.4, -0.2) is 18.9 Å². The zero-order chi connectivity index (χ0) is 20.9. The van der Waals surface area contributed by atoms with Gasteiger partial charge in [-0.3, -0.25) is 9.59 Å². The molecule has 0 spiro atoms. The number of nitrogens with one attached hydrogen (secondary N) is 2. The van der Waals surface area contributed by atoms with Crippen LogP contribution in [0, 0.1) is 0 Å². The normalized spacial score (nSPS) is 14.0. The number of methoxy groups -OCH3 is 1. The number of amides is 2. The van der Waals surface area contributed by atoms with E-state index in [9.17, 15) is 9.59 Å². The van der Waals surface area contributed by atoms with Gasteiger partial charge >= 0.3 is 0 Å². The fourth-order valence-electron chi connectivity index (χ4n) is 3.03. The van der Waals surface area contributed by atoms with Gasteiger partial charge in [-0.15, -0.1) is 0 Å². The lowest BCUT2D eigenvalue weighted by Crippen LogP contribution is -2.23. The molecule has 1 heterocycles. The Hall–Kier alpha value is -3.51. The molecule has 0 bridgehead atoms. The summed E-state index contributed by atoms with van der Waals surface area (Å²) >= 11 is 1.39. The van der Waals surface area contributed by atoms with Crippen molar-refractivity contribution >= 4 is 35.3 Å². The van der Waals surface area contributed by atoms with Crippen LogP contribution in [-0.2, 0) is 11.3 Å². The molecule has 5 nitrogen and oxygen atoms in total. The zero-order valence-corrected chi connectivity index (χ0v) is 17.2. The van der Waals surface area contributed by atoms with Gasteiger partial charge < -0.3 is 15.4 Å². The molecule has 0 saturated heterocycles. The molecule has 0 saturated carbocycles. The summed E-state index contributed by atoms with van der Waals surface area (Å²) in [7, 11) is 1.62. The van der Waals surface area contributed by atoms with E-state index in [1.54, 1.807) is 19.2 Å². The third kappa shape index (κ3) is 4.55. The SMILES string of the molecule is COc1ccc(/C=C2/Sc3ccc(C(=O)NCc4ccccc4)cc3NC2=O)cc1. The first-order valence-corrected chi connectivity index (χ1v) is 10.2. The molecule has 3 aromatic carbocycles. The van der Waals surface area contributed by atoms with Crippen LogP contribution in [0.5, 0.6) is 5.75 Å². The molecule has 3 aromatic rings. The Balaban J connectivity index is 1.47. The average molecular weight is 417 g/mol. The van der Waals surface area contributed by atoms with Gasteiger partial charge in [-0.2, -0.15) is 0 Å². The minimum absolute atomic E-state index is 0.180. The highest BCUT2D eigenvalue weighted by atomic mass is 32.2. The Bertz CT molecular complexity index is 1110. The van der Waals surface area contributed by atoms with Crippen LogP contribution in [0.2, 0.25) is 0 Å². The quantitative estimate of drug-likeness (QED) is 0.591. The lowest BCUT2D eigenvalue weighted by molar-refractivity contribution is -0.112. The summed E-state index contributed by atoms with van der Waals surface area (Å²) in [5, 5.41) is 5.79. The first-order chi connectivity index (χ1) is 14.6. The summed E-state index contributed by atoms with van der Waals surface area (Å²) in [5.74, 6) is 0.395. The van der Waals surface area contributed by atoms with Gasteiger partial charge in [-0.05, 0) is 47.5 Å². The molecular formula is C24H20N2O3S. The molecule has 0 radical (unpaired) electrons. The highest BCUT2D eigenvalue weighted by Gasteiger charge is 2.22. The lowest BCUT2D eigenvalue weighted by atomic mass is 10.1. The highest BCUT2D eigenvalue weighted by molar-refractivity contribution is 8.04. The Morgan fingerprint density at radius 2 is 1.83 bits per heavy atom. The molecule has 0 unspecified atom stereocenters. The number of benzene rings is 3. The fraction of sp³-hybridized carbons (Fsp3) is 0.0833. The van der Waals surface area contributed by atoms with Crippen LogP contribution in [0.25, 0.3) is 6.08 Å². The molecular weight excluding hydrogens is 396 g/mol. The highest BCUT2D eigenvalue weighted by Crippen LogP contribution is 2.39. The number of carbonyl (C=O) groups is 2. The standard InChI is InChI=1S/C24H20N2O3S/c1-29-19-10-7-16(8-11-19)13-22-24(28)26-20-14-18(9-12-21(20)30-22)23(27)25-15-17-5-3-2-4-6-17/h2-14H,15H2,1H3,(H,25,27)(H,26,28)/b22-13+. The molecule has 1 aliphatic heterocycles. The second kappa shape index (κ2) is 8.88. The maximum atomic E-state index is 12.6. The second-order valence-electron chi connectivity index (χ2n) is 6.72. The second-order valence-corrected chi connectivity index (χ2v) is 7.80. The summed E-state index contributed by atoms with van der Waals surface area (Å²) < 4.78 is 5.16. The van der Waals surface area contributed by atoms with Crippen molar-refractivity contribution in [2.24, 2.45) is 0 Å². The third-order valence-electron chi connectivity index (χ3n) is 4.64. The van der Waals surface area contributed by atoms with E-state index in [0.717, 1.165) is 21.8 Å². The number of anilines is 1. The summed E-state index contributed by atoms with van der Waals surface area (Å²) in [6.45, 7) is 0.451. The predicted octanol–water partition coefficient (Wildman–Crippen LogP) is 4.71. The topological polar surface area (TPSA) is 67.4 Å². The number of ether oxygens (including phenoxy) is 1. The summed E-state index contributed by atoms with van der Waals surface area (Å²) in [5.41, 5.74) is 3.09. The van der Waals surface area contributed by atoms with Crippen LogP contribution in [0.3, 0.4) is 0 Å². The van der Waals surface area contributed by atoms with Gasteiger partial charge in [0.05, 0.1) is 17.7 Å². The number of carbonyl (C=O) groups excluding carboxylic acids is 2. The molecule has 0 aromatic heterocycles. The lowest BCUT2D eigenvalue weighted by Gasteiger charge is -2.19. The van der Waals surface area contributed by atoms with E-state index in [0.29, 0.717) is 22.7 Å². The maximum Gasteiger partial charge on any atom is 0.262 e. The Morgan fingerprint density at radius 1 is 1.07 bits per heavy atom. The fourth-order valence-corrected chi connectivity index (χ4v) is 3.97. The van der Waals surface area contributed by atoms with Gasteiger partial charge in [-0.1, -0.05) is 54.2 Å². The van der Waals surface area contributed by atoms with E-state index in [-0.39, 0.29) is 11.8 Å².